The Morgan fingerprint density at radius 3 is 2.22 bits per heavy atom. The minimum Gasteiger partial charge on any atom is -0.459 e. The van der Waals surface area contributed by atoms with Gasteiger partial charge in [-0.05, 0) is 57.5 Å². The van der Waals surface area contributed by atoms with Crippen molar-refractivity contribution in [2.75, 3.05) is 0 Å². The van der Waals surface area contributed by atoms with E-state index < -0.39 is 5.60 Å². The van der Waals surface area contributed by atoms with Crippen molar-refractivity contribution in [1.29, 1.82) is 0 Å². The first-order chi connectivity index (χ1) is 17.6. The van der Waals surface area contributed by atoms with Crippen LogP contribution in [0.5, 0.6) is 0 Å². The molecule has 0 unspecified atom stereocenters. The summed E-state index contributed by atoms with van der Waals surface area (Å²) >= 11 is 0. The number of benzene rings is 3. The molecule has 188 valence electrons. The molecule has 0 radical (unpaired) electrons. The van der Waals surface area contributed by atoms with Gasteiger partial charge in [-0.25, -0.2) is 9.07 Å². The zero-order chi connectivity index (χ0) is 26.3. The summed E-state index contributed by atoms with van der Waals surface area (Å²) in [5.41, 5.74) is 3.17. The summed E-state index contributed by atoms with van der Waals surface area (Å²) in [5, 5.41) is 7.02. The first-order valence-corrected chi connectivity index (χ1v) is 12.2. The van der Waals surface area contributed by atoms with E-state index in [2.05, 4.69) is 0 Å². The zero-order valence-electron chi connectivity index (χ0n) is 21.3. The van der Waals surface area contributed by atoms with E-state index in [9.17, 15) is 14.0 Å². The molecular formula is C30H28FN3O3. The van der Waals surface area contributed by atoms with Crippen molar-refractivity contribution in [1.82, 2.24) is 14.3 Å². The van der Waals surface area contributed by atoms with Crippen LogP contribution in [0.2, 0.25) is 0 Å². The maximum Gasteiger partial charge on any atom is 0.326 e. The molecule has 2 aromatic heterocycles. The number of carbonyl (C=O) groups excluding carboxylic acids is 1. The Morgan fingerprint density at radius 1 is 0.919 bits per heavy atom. The van der Waals surface area contributed by atoms with Crippen molar-refractivity contribution >= 4 is 27.6 Å². The van der Waals surface area contributed by atoms with Crippen molar-refractivity contribution < 1.29 is 13.9 Å². The predicted octanol–water partition coefficient (Wildman–Crippen LogP) is 5.86. The first kappa shape index (κ1) is 24.4. The van der Waals surface area contributed by atoms with Gasteiger partial charge in [-0.3, -0.25) is 9.59 Å². The van der Waals surface area contributed by atoms with Gasteiger partial charge in [0.1, 0.15) is 23.7 Å². The number of rotatable bonds is 5. The summed E-state index contributed by atoms with van der Waals surface area (Å²) in [6.45, 7) is 7.74. The van der Waals surface area contributed by atoms with E-state index in [4.69, 9.17) is 9.84 Å². The van der Waals surface area contributed by atoms with E-state index in [1.807, 2.05) is 74.7 Å². The van der Waals surface area contributed by atoms with Gasteiger partial charge in [-0.2, -0.15) is 5.10 Å². The largest absolute Gasteiger partial charge is 0.459 e. The van der Waals surface area contributed by atoms with Gasteiger partial charge in [-0.1, -0.05) is 48.5 Å². The number of aromatic nitrogens is 3. The van der Waals surface area contributed by atoms with Crippen LogP contribution in [-0.2, 0) is 22.6 Å². The summed E-state index contributed by atoms with van der Waals surface area (Å²) < 4.78 is 22.4. The molecule has 0 spiro atoms. The number of hydrogen-bond acceptors (Lipinski definition) is 4. The third kappa shape index (κ3) is 4.77. The highest BCUT2D eigenvalue weighted by Crippen LogP contribution is 2.36. The number of esters is 1. The number of halogens is 1. The van der Waals surface area contributed by atoms with E-state index in [0.717, 1.165) is 33.1 Å². The van der Waals surface area contributed by atoms with Crippen molar-refractivity contribution in [3.63, 3.8) is 0 Å². The van der Waals surface area contributed by atoms with Crippen LogP contribution >= 0.6 is 0 Å². The Bertz CT molecular complexity index is 1690. The third-order valence-electron chi connectivity index (χ3n) is 6.29. The lowest BCUT2D eigenvalue weighted by molar-refractivity contribution is -0.155. The molecule has 0 saturated heterocycles. The SMILES string of the molecule is Cc1c(-c2nn(Cc3ccc(F)cc3)c(=O)c3ccccc23)c2ccccc2n1CC(=O)OC(C)(C)C. The smallest absolute Gasteiger partial charge is 0.326 e. The Morgan fingerprint density at radius 2 is 1.54 bits per heavy atom. The van der Waals surface area contributed by atoms with Crippen LogP contribution < -0.4 is 5.56 Å². The molecule has 5 aromatic rings. The molecule has 0 aliphatic carbocycles. The molecule has 0 aliphatic heterocycles. The van der Waals surface area contributed by atoms with Gasteiger partial charge in [0.05, 0.1) is 11.9 Å². The van der Waals surface area contributed by atoms with Crippen LogP contribution in [0.25, 0.3) is 32.9 Å². The normalized spacial score (nSPS) is 11.8. The van der Waals surface area contributed by atoms with Crippen LogP contribution in [0, 0.1) is 12.7 Å². The summed E-state index contributed by atoms with van der Waals surface area (Å²) in [6.07, 6.45) is 0. The number of ether oxygens (including phenoxy) is 1. The van der Waals surface area contributed by atoms with Gasteiger partial charge in [0.15, 0.2) is 0 Å². The molecule has 0 bridgehead atoms. The molecule has 6 nitrogen and oxygen atoms in total. The summed E-state index contributed by atoms with van der Waals surface area (Å²) in [6, 6.07) is 21.3. The highest BCUT2D eigenvalue weighted by molar-refractivity contribution is 6.05. The molecule has 7 heteroatoms. The van der Waals surface area contributed by atoms with Gasteiger partial charge < -0.3 is 9.30 Å². The fourth-order valence-electron chi connectivity index (χ4n) is 4.73. The Labute approximate surface area is 213 Å². The number of nitrogens with zero attached hydrogens (tertiary/aromatic N) is 3. The van der Waals surface area contributed by atoms with Gasteiger partial charge in [0.2, 0.25) is 0 Å². The van der Waals surface area contributed by atoms with Gasteiger partial charge in [0.25, 0.3) is 5.56 Å². The highest BCUT2D eigenvalue weighted by Gasteiger charge is 2.23. The molecule has 0 saturated carbocycles. The second-order valence-electron chi connectivity index (χ2n) is 10.1. The quantitative estimate of drug-likeness (QED) is 0.286. The van der Waals surface area contributed by atoms with E-state index in [-0.39, 0.29) is 30.4 Å². The van der Waals surface area contributed by atoms with E-state index >= 15 is 0 Å². The average molecular weight is 498 g/mol. The average Bonchev–Trinajstić information content (AvgIpc) is 3.12. The molecule has 5 rings (SSSR count). The van der Waals surface area contributed by atoms with E-state index in [0.29, 0.717) is 11.1 Å². The minimum atomic E-state index is -0.593. The second-order valence-corrected chi connectivity index (χ2v) is 10.1. The molecule has 0 amide bonds. The summed E-state index contributed by atoms with van der Waals surface area (Å²) in [4.78, 5) is 26.2. The molecular weight excluding hydrogens is 469 g/mol. The predicted molar refractivity (Wildman–Crippen MR) is 143 cm³/mol. The second kappa shape index (κ2) is 9.32. The molecule has 0 fully saturated rings. The lowest BCUT2D eigenvalue weighted by atomic mass is 10.0. The fourth-order valence-corrected chi connectivity index (χ4v) is 4.73. The number of carbonyl (C=O) groups is 1. The lowest BCUT2D eigenvalue weighted by Crippen LogP contribution is -2.26. The monoisotopic (exact) mass is 497 g/mol. The van der Waals surface area contributed by atoms with Gasteiger partial charge in [0, 0.05) is 27.5 Å². The van der Waals surface area contributed by atoms with Crippen molar-refractivity contribution in [2.45, 2.75) is 46.4 Å². The van der Waals surface area contributed by atoms with Crippen LogP contribution in [0.15, 0.2) is 77.6 Å². The lowest BCUT2D eigenvalue weighted by Gasteiger charge is -2.20. The Hall–Kier alpha value is -4.26. The van der Waals surface area contributed by atoms with Crippen LogP contribution in [-0.4, -0.2) is 25.9 Å². The third-order valence-corrected chi connectivity index (χ3v) is 6.29. The maximum absolute atomic E-state index is 13.5. The van der Waals surface area contributed by atoms with E-state index in [1.54, 1.807) is 18.2 Å². The molecule has 37 heavy (non-hydrogen) atoms. The maximum atomic E-state index is 13.5. The first-order valence-electron chi connectivity index (χ1n) is 12.2. The number of para-hydroxylation sites is 1. The Balaban J connectivity index is 1.72. The van der Waals surface area contributed by atoms with Crippen molar-refractivity contribution in [3.05, 3.63) is 100 Å². The zero-order valence-corrected chi connectivity index (χ0v) is 21.3. The molecule has 3 aromatic carbocycles. The molecule has 0 aliphatic rings. The summed E-state index contributed by atoms with van der Waals surface area (Å²) in [7, 11) is 0. The molecule has 0 atom stereocenters. The minimum absolute atomic E-state index is 0.0523. The van der Waals surface area contributed by atoms with Gasteiger partial charge in [-0.15, -0.1) is 0 Å². The standard InChI is InChI=1S/C30H28FN3O3/c1-19-27(24-11-7-8-12-25(24)33(19)18-26(35)37-30(2,3)4)28-22-9-5-6-10-23(22)29(36)34(32-28)17-20-13-15-21(31)16-14-20/h5-16H,17-18H2,1-4H3. The fraction of sp³-hybridized carbons (Fsp3) is 0.233. The van der Waals surface area contributed by atoms with Crippen molar-refractivity contribution in [3.8, 4) is 11.3 Å². The molecule has 2 heterocycles. The number of hydrogen-bond donors (Lipinski definition) is 0. The summed E-state index contributed by atoms with van der Waals surface area (Å²) in [5.74, 6) is -0.668. The highest BCUT2D eigenvalue weighted by atomic mass is 19.1. The molecule has 0 N–H and O–H groups in total. The number of fused-ring (bicyclic) bond motifs is 2. The topological polar surface area (TPSA) is 66.1 Å². The van der Waals surface area contributed by atoms with E-state index in [1.165, 1.54) is 16.8 Å². The van der Waals surface area contributed by atoms with Crippen LogP contribution in [0.3, 0.4) is 0 Å². The van der Waals surface area contributed by atoms with Gasteiger partial charge >= 0.3 is 5.97 Å². The van der Waals surface area contributed by atoms with Crippen LogP contribution in [0.1, 0.15) is 32.0 Å². The van der Waals surface area contributed by atoms with Crippen LogP contribution in [0.4, 0.5) is 4.39 Å². The Kier molecular flexibility index (Phi) is 6.15. The van der Waals surface area contributed by atoms with Crippen molar-refractivity contribution in [2.24, 2.45) is 0 Å².